The topological polar surface area (TPSA) is 49.8 Å². The van der Waals surface area contributed by atoms with Gasteiger partial charge < -0.3 is 10.6 Å². The SMILES string of the molecule is Cc1ccc(C)c(Nc2cc(C)nc(Nc3cccc(F)c3)n2)c1. The number of hydrogen-bond acceptors (Lipinski definition) is 4. The van der Waals surface area contributed by atoms with Gasteiger partial charge in [0, 0.05) is 23.1 Å². The van der Waals surface area contributed by atoms with Crippen molar-refractivity contribution in [1.82, 2.24) is 9.97 Å². The van der Waals surface area contributed by atoms with Gasteiger partial charge in [0.05, 0.1) is 0 Å². The zero-order chi connectivity index (χ0) is 17.1. The van der Waals surface area contributed by atoms with E-state index in [1.54, 1.807) is 12.1 Å². The van der Waals surface area contributed by atoms with Crippen LogP contribution in [0.3, 0.4) is 0 Å². The molecule has 0 unspecified atom stereocenters. The number of nitrogens with one attached hydrogen (secondary N) is 2. The van der Waals surface area contributed by atoms with Crippen molar-refractivity contribution >= 4 is 23.1 Å². The number of hydrogen-bond donors (Lipinski definition) is 2. The van der Waals surface area contributed by atoms with Gasteiger partial charge in [0.1, 0.15) is 11.6 Å². The number of benzene rings is 2. The molecule has 0 aliphatic carbocycles. The number of rotatable bonds is 4. The fraction of sp³-hybridized carbons (Fsp3) is 0.158. The van der Waals surface area contributed by atoms with Crippen LogP contribution in [0, 0.1) is 26.6 Å². The van der Waals surface area contributed by atoms with Gasteiger partial charge >= 0.3 is 0 Å². The molecule has 3 rings (SSSR count). The van der Waals surface area contributed by atoms with Gasteiger partial charge in [-0.25, -0.2) is 9.37 Å². The summed E-state index contributed by atoms with van der Waals surface area (Å²) in [7, 11) is 0. The second-order valence-electron chi connectivity index (χ2n) is 5.80. The van der Waals surface area contributed by atoms with Crippen LogP contribution >= 0.6 is 0 Å². The fourth-order valence-corrected chi connectivity index (χ4v) is 2.39. The molecule has 0 saturated carbocycles. The Morgan fingerprint density at radius 3 is 2.50 bits per heavy atom. The number of aromatic nitrogens is 2. The highest BCUT2D eigenvalue weighted by Crippen LogP contribution is 2.22. The van der Waals surface area contributed by atoms with E-state index >= 15 is 0 Å². The maximum atomic E-state index is 13.3. The summed E-state index contributed by atoms with van der Waals surface area (Å²) in [6, 6.07) is 14.3. The molecule has 3 aromatic rings. The molecule has 24 heavy (non-hydrogen) atoms. The van der Waals surface area contributed by atoms with Crippen molar-refractivity contribution in [2.24, 2.45) is 0 Å². The van der Waals surface area contributed by atoms with Gasteiger partial charge in [0.2, 0.25) is 5.95 Å². The summed E-state index contributed by atoms with van der Waals surface area (Å²) in [6.07, 6.45) is 0. The molecule has 0 fully saturated rings. The van der Waals surface area contributed by atoms with Crippen LogP contribution in [0.4, 0.5) is 27.5 Å². The smallest absolute Gasteiger partial charge is 0.229 e. The van der Waals surface area contributed by atoms with E-state index in [2.05, 4.69) is 38.8 Å². The molecule has 0 spiro atoms. The molecule has 0 aliphatic heterocycles. The van der Waals surface area contributed by atoms with Gasteiger partial charge in [-0.1, -0.05) is 18.2 Å². The molecule has 2 aromatic carbocycles. The van der Waals surface area contributed by atoms with Crippen LogP contribution in [0.5, 0.6) is 0 Å². The Bertz CT molecular complexity index is 877. The van der Waals surface area contributed by atoms with Crippen molar-refractivity contribution in [3.8, 4) is 0 Å². The van der Waals surface area contributed by atoms with Gasteiger partial charge in [-0.05, 0) is 56.2 Å². The zero-order valence-corrected chi connectivity index (χ0v) is 13.9. The molecule has 0 amide bonds. The predicted octanol–water partition coefficient (Wildman–Crippen LogP) is 5.03. The summed E-state index contributed by atoms with van der Waals surface area (Å²) >= 11 is 0. The lowest BCUT2D eigenvalue weighted by Crippen LogP contribution is -2.03. The maximum absolute atomic E-state index is 13.3. The van der Waals surface area contributed by atoms with Gasteiger partial charge in [-0.2, -0.15) is 4.98 Å². The summed E-state index contributed by atoms with van der Waals surface area (Å²) in [4.78, 5) is 8.82. The van der Waals surface area contributed by atoms with E-state index in [0.29, 0.717) is 17.5 Å². The molecular formula is C19H19FN4. The van der Waals surface area contributed by atoms with E-state index in [9.17, 15) is 4.39 Å². The van der Waals surface area contributed by atoms with Gasteiger partial charge in [-0.3, -0.25) is 0 Å². The molecule has 0 saturated heterocycles. The number of aryl methyl sites for hydroxylation is 3. The Hall–Kier alpha value is -2.95. The quantitative estimate of drug-likeness (QED) is 0.707. The molecule has 4 nitrogen and oxygen atoms in total. The predicted molar refractivity (Wildman–Crippen MR) is 95.7 cm³/mol. The monoisotopic (exact) mass is 322 g/mol. The largest absolute Gasteiger partial charge is 0.340 e. The van der Waals surface area contributed by atoms with Crippen LogP contribution < -0.4 is 10.6 Å². The molecule has 0 atom stereocenters. The number of anilines is 4. The van der Waals surface area contributed by atoms with Crippen LogP contribution in [-0.2, 0) is 0 Å². The Morgan fingerprint density at radius 2 is 1.71 bits per heavy atom. The third-order valence-electron chi connectivity index (χ3n) is 3.59. The van der Waals surface area contributed by atoms with Gasteiger partial charge in [0.25, 0.3) is 0 Å². The minimum atomic E-state index is -0.304. The summed E-state index contributed by atoms with van der Waals surface area (Å²) < 4.78 is 13.3. The summed E-state index contributed by atoms with van der Waals surface area (Å²) in [5.74, 6) is 0.810. The molecule has 0 bridgehead atoms. The van der Waals surface area contributed by atoms with Crippen LogP contribution in [0.2, 0.25) is 0 Å². The molecule has 0 aliphatic rings. The molecule has 5 heteroatoms. The van der Waals surface area contributed by atoms with Crippen molar-refractivity contribution in [2.75, 3.05) is 10.6 Å². The Kier molecular flexibility index (Phi) is 4.42. The summed E-state index contributed by atoms with van der Waals surface area (Å²) in [6.45, 7) is 5.99. The van der Waals surface area contributed by atoms with Crippen LogP contribution in [0.25, 0.3) is 0 Å². The van der Waals surface area contributed by atoms with E-state index in [1.165, 1.54) is 17.7 Å². The first-order valence-corrected chi connectivity index (χ1v) is 7.72. The van der Waals surface area contributed by atoms with Crippen LogP contribution in [0.15, 0.2) is 48.5 Å². The lowest BCUT2D eigenvalue weighted by molar-refractivity contribution is 0.628. The average molecular weight is 322 g/mol. The highest BCUT2D eigenvalue weighted by Gasteiger charge is 2.06. The number of halogens is 1. The van der Waals surface area contributed by atoms with Crippen molar-refractivity contribution in [1.29, 1.82) is 0 Å². The zero-order valence-electron chi connectivity index (χ0n) is 13.9. The second kappa shape index (κ2) is 6.66. The normalized spacial score (nSPS) is 10.5. The average Bonchev–Trinajstić information content (AvgIpc) is 2.50. The van der Waals surface area contributed by atoms with Gasteiger partial charge in [-0.15, -0.1) is 0 Å². The lowest BCUT2D eigenvalue weighted by Gasteiger charge is -2.12. The van der Waals surface area contributed by atoms with E-state index < -0.39 is 0 Å². The van der Waals surface area contributed by atoms with E-state index in [-0.39, 0.29) is 5.82 Å². The third-order valence-corrected chi connectivity index (χ3v) is 3.59. The Balaban J connectivity index is 1.87. The first-order chi connectivity index (χ1) is 11.5. The highest BCUT2D eigenvalue weighted by atomic mass is 19.1. The highest BCUT2D eigenvalue weighted by molar-refractivity contribution is 5.63. The summed E-state index contributed by atoms with van der Waals surface area (Å²) in [5.41, 5.74) is 4.74. The summed E-state index contributed by atoms with van der Waals surface area (Å²) in [5, 5.41) is 6.36. The van der Waals surface area contributed by atoms with E-state index in [1.807, 2.05) is 26.8 Å². The fourth-order valence-electron chi connectivity index (χ4n) is 2.39. The van der Waals surface area contributed by atoms with E-state index in [4.69, 9.17) is 0 Å². The molecule has 1 aromatic heterocycles. The van der Waals surface area contributed by atoms with Crippen LogP contribution in [-0.4, -0.2) is 9.97 Å². The second-order valence-corrected chi connectivity index (χ2v) is 5.80. The molecule has 122 valence electrons. The van der Waals surface area contributed by atoms with Gasteiger partial charge in [0.15, 0.2) is 0 Å². The van der Waals surface area contributed by atoms with Crippen LogP contribution in [0.1, 0.15) is 16.8 Å². The van der Waals surface area contributed by atoms with Crippen molar-refractivity contribution < 1.29 is 4.39 Å². The standard InChI is InChI=1S/C19H19FN4/c1-12-7-8-13(2)17(9-12)23-18-10-14(3)21-19(24-18)22-16-6-4-5-15(20)11-16/h4-11H,1-3H3,(H2,21,22,23,24). The molecule has 2 N–H and O–H groups in total. The minimum absolute atomic E-state index is 0.304. The van der Waals surface area contributed by atoms with Crippen molar-refractivity contribution in [3.05, 3.63) is 71.2 Å². The minimum Gasteiger partial charge on any atom is -0.340 e. The molecule has 0 radical (unpaired) electrons. The first-order valence-electron chi connectivity index (χ1n) is 7.72. The Labute approximate surface area is 140 Å². The first kappa shape index (κ1) is 15.9. The Morgan fingerprint density at radius 1 is 0.875 bits per heavy atom. The molecular weight excluding hydrogens is 303 g/mol. The third kappa shape index (κ3) is 3.87. The molecule has 1 heterocycles. The van der Waals surface area contributed by atoms with Crippen molar-refractivity contribution in [2.45, 2.75) is 20.8 Å². The number of nitrogens with zero attached hydrogens (tertiary/aromatic N) is 2. The van der Waals surface area contributed by atoms with Crippen molar-refractivity contribution in [3.63, 3.8) is 0 Å². The van der Waals surface area contributed by atoms with E-state index in [0.717, 1.165) is 16.9 Å². The maximum Gasteiger partial charge on any atom is 0.229 e. The lowest BCUT2D eigenvalue weighted by atomic mass is 10.1.